The van der Waals surface area contributed by atoms with Crippen molar-refractivity contribution in [1.29, 1.82) is 0 Å². The number of hydrogen-bond donors (Lipinski definition) is 1. The van der Waals surface area contributed by atoms with E-state index in [2.05, 4.69) is 33.9 Å². The van der Waals surface area contributed by atoms with E-state index in [9.17, 15) is 0 Å². The van der Waals surface area contributed by atoms with Crippen molar-refractivity contribution in [2.24, 2.45) is 0 Å². The van der Waals surface area contributed by atoms with Gasteiger partial charge >= 0.3 is 0 Å². The highest BCUT2D eigenvalue weighted by Crippen LogP contribution is 2.27. The Kier molecular flexibility index (Phi) is 4.01. The van der Waals surface area contributed by atoms with E-state index in [1.165, 1.54) is 19.4 Å². The molecule has 112 valence electrons. The van der Waals surface area contributed by atoms with E-state index in [4.69, 9.17) is 4.98 Å². The normalized spacial score (nSPS) is 20.1. The Bertz CT molecular complexity index is 604. The van der Waals surface area contributed by atoms with Crippen LogP contribution in [0.2, 0.25) is 0 Å². The molecule has 5 nitrogen and oxygen atoms in total. The average Bonchev–Trinajstić information content (AvgIpc) is 2.94. The molecule has 0 spiro atoms. The molecular formula is C16H23N5. The zero-order valence-electron chi connectivity index (χ0n) is 13.0. The molecule has 5 heteroatoms. The van der Waals surface area contributed by atoms with Gasteiger partial charge in [-0.05, 0) is 46.2 Å². The van der Waals surface area contributed by atoms with Crippen molar-refractivity contribution >= 4 is 0 Å². The number of nitrogens with one attached hydrogen (secondary N) is 1. The highest BCUT2D eigenvalue weighted by atomic mass is 15.2. The summed E-state index contributed by atoms with van der Waals surface area (Å²) < 4.78 is 0. The fourth-order valence-corrected chi connectivity index (χ4v) is 2.97. The third kappa shape index (κ3) is 3.13. The summed E-state index contributed by atoms with van der Waals surface area (Å²) >= 11 is 0. The van der Waals surface area contributed by atoms with Crippen LogP contribution in [0.1, 0.15) is 44.0 Å². The van der Waals surface area contributed by atoms with Gasteiger partial charge in [0.2, 0.25) is 0 Å². The van der Waals surface area contributed by atoms with Gasteiger partial charge in [-0.15, -0.1) is 0 Å². The molecule has 2 aromatic heterocycles. The number of hydrogen-bond acceptors (Lipinski definition) is 4. The Balaban J connectivity index is 1.82. The quantitative estimate of drug-likeness (QED) is 0.942. The van der Waals surface area contributed by atoms with Gasteiger partial charge in [0.25, 0.3) is 0 Å². The van der Waals surface area contributed by atoms with Crippen LogP contribution in [0.25, 0.3) is 11.4 Å². The number of piperidine rings is 1. The minimum absolute atomic E-state index is 0.480. The molecule has 0 amide bonds. The molecule has 3 rings (SSSR count). The molecule has 1 aliphatic heterocycles. The summed E-state index contributed by atoms with van der Waals surface area (Å²) in [5, 5.41) is 7.24. The first kappa shape index (κ1) is 14.2. The summed E-state index contributed by atoms with van der Waals surface area (Å²) in [5.41, 5.74) is 3.87. The van der Waals surface area contributed by atoms with Crippen molar-refractivity contribution in [3.63, 3.8) is 0 Å². The second-order valence-corrected chi connectivity index (χ2v) is 6.19. The molecule has 0 unspecified atom stereocenters. The predicted octanol–water partition coefficient (Wildman–Crippen LogP) is 2.76. The van der Waals surface area contributed by atoms with Gasteiger partial charge < -0.3 is 4.90 Å². The van der Waals surface area contributed by atoms with Crippen molar-refractivity contribution in [1.82, 2.24) is 25.1 Å². The van der Waals surface area contributed by atoms with Crippen molar-refractivity contribution in [2.75, 3.05) is 13.1 Å². The molecule has 0 radical (unpaired) electrons. The molecular weight excluding hydrogens is 262 g/mol. The molecule has 0 aromatic carbocycles. The summed E-state index contributed by atoms with van der Waals surface area (Å²) in [6.45, 7) is 8.79. The fourth-order valence-electron chi connectivity index (χ4n) is 2.97. The minimum atomic E-state index is 0.480. The van der Waals surface area contributed by atoms with Crippen molar-refractivity contribution in [3.05, 3.63) is 29.8 Å². The zero-order chi connectivity index (χ0) is 14.8. The summed E-state index contributed by atoms with van der Waals surface area (Å²) in [6.07, 6.45) is 6.14. The largest absolute Gasteiger partial charge is 0.300 e. The van der Waals surface area contributed by atoms with Crippen LogP contribution in [0.15, 0.2) is 18.5 Å². The predicted molar refractivity (Wildman–Crippen MR) is 83.0 cm³/mol. The highest BCUT2D eigenvalue weighted by molar-refractivity contribution is 5.53. The van der Waals surface area contributed by atoms with E-state index in [-0.39, 0.29) is 0 Å². The monoisotopic (exact) mass is 285 g/mol. The SMILES string of the molecule is Cc1cc(-c2cncc([C@@H]3CCCN(C(C)C)C3)n2)n[nH]1. The van der Waals surface area contributed by atoms with Gasteiger partial charge in [-0.2, -0.15) is 5.10 Å². The second kappa shape index (κ2) is 5.93. The van der Waals surface area contributed by atoms with Crippen LogP contribution in [0.4, 0.5) is 0 Å². The third-order valence-electron chi connectivity index (χ3n) is 4.22. The summed E-state index contributed by atoms with van der Waals surface area (Å²) in [7, 11) is 0. The number of rotatable bonds is 3. The van der Waals surface area contributed by atoms with Crippen LogP contribution in [0, 0.1) is 6.92 Å². The Labute approximate surface area is 125 Å². The van der Waals surface area contributed by atoms with Crippen molar-refractivity contribution < 1.29 is 0 Å². The van der Waals surface area contributed by atoms with Crippen molar-refractivity contribution in [2.45, 2.75) is 45.6 Å². The lowest BCUT2D eigenvalue weighted by Gasteiger charge is -2.35. The lowest BCUT2D eigenvalue weighted by molar-refractivity contribution is 0.166. The van der Waals surface area contributed by atoms with E-state index in [1.807, 2.05) is 19.2 Å². The fraction of sp³-hybridized carbons (Fsp3) is 0.562. The van der Waals surface area contributed by atoms with Crippen LogP contribution in [0.5, 0.6) is 0 Å². The van der Waals surface area contributed by atoms with Gasteiger partial charge in [-0.25, -0.2) is 4.98 Å². The maximum atomic E-state index is 4.80. The van der Waals surface area contributed by atoms with E-state index in [1.54, 1.807) is 6.20 Å². The van der Waals surface area contributed by atoms with Gasteiger partial charge in [-0.1, -0.05) is 0 Å². The van der Waals surface area contributed by atoms with Gasteiger partial charge in [0.1, 0.15) is 11.4 Å². The first-order valence-electron chi connectivity index (χ1n) is 7.72. The summed E-state index contributed by atoms with van der Waals surface area (Å²) in [5.74, 6) is 0.480. The molecule has 3 heterocycles. The maximum absolute atomic E-state index is 4.80. The molecule has 1 fully saturated rings. The van der Waals surface area contributed by atoms with Gasteiger partial charge in [0.15, 0.2) is 0 Å². The number of nitrogens with zero attached hydrogens (tertiary/aromatic N) is 4. The highest BCUT2D eigenvalue weighted by Gasteiger charge is 2.24. The molecule has 1 aliphatic rings. The number of likely N-dealkylation sites (tertiary alicyclic amines) is 1. The third-order valence-corrected chi connectivity index (χ3v) is 4.22. The van der Waals surface area contributed by atoms with E-state index in [0.717, 1.165) is 29.3 Å². The van der Waals surface area contributed by atoms with Gasteiger partial charge in [0, 0.05) is 30.4 Å². The average molecular weight is 285 g/mol. The summed E-state index contributed by atoms with van der Waals surface area (Å²) in [6, 6.07) is 2.60. The Morgan fingerprint density at radius 2 is 2.14 bits per heavy atom. The maximum Gasteiger partial charge on any atom is 0.112 e. The first-order chi connectivity index (χ1) is 10.1. The van der Waals surface area contributed by atoms with Gasteiger partial charge in [0.05, 0.1) is 11.9 Å². The summed E-state index contributed by atoms with van der Waals surface area (Å²) in [4.78, 5) is 11.7. The smallest absolute Gasteiger partial charge is 0.112 e. The van der Waals surface area contributed by atoms with E-state index >= 15 is 0 Å². The number of aryl methyl sites for hydroxylation is 1. The Hall–Kier alpha value is -1.75. The van der Waals surface area contributed by atoms with Crippen LogP contribution in [0.3, 0.4) is 0 Å². The Morgan fingerprint density at radius 1 is 1.29 bits per heavy atom. The van der Waals surface area contributed by atoms with Crippen LogP contribution < -0.4 is 0 Å². The van der Waals surface area contributed by atoms with E-state index < -0.39 is 0 Å². The topological polar surface area (TPSA) is 57.7 Å². The molecule has 21 heavy (non-hydrogen) atoms. The van der Waals surface area contributed by atoms with Crippen LogP contribution in [-0.4, -0.2) is 44.2 Å². The molecule has 0 bridgehead atoms. The van der Waals surface area contributed by atoms with Gasteiger partial charge in [-0.3, -0.25) is 10.1 Å². The minimum Gasteiger partial charge on any atom is -0.300 e. The lowest BCUT2D eigenvalue weighted by atomic mass is 9.94. The lowest BCUT2D eigenvalue weighted by Crippen LogP contribution is -2.39. The zero-order valence-corrected chi connectivity index (χ0v) is 13.0. The molecule has 1 atom stereocenters. The van der Waals surface area contributed by atoms with E-state index in [0.29, 0.717) is 12.0 Å². The first-order valence-corrected chi connectivity index (χ1v) is 7.72. The number of H-pyrrole nitrogens is 1. The molecule has 0 saturated carbocycles. The Morgan fingerprint density at radius 3 is 2.86 bits per heavy atom. The van der Waals surface area contributed by atoms with Crippen LogP contribution in [-0.2, 0) is 0 Å². The molecule has 1 saturated heterocycles. The van der Waals surface area contributed by atoms with Crippen molar-refractivity contribution in [3.8, 4) is 11.4 Å². The molecule has 1 N–H and O–H groups in total. The number of aromatic nitrogens is 4. The van der Waals surface area contributed by atoms with Crippen LogP contribution >= 0.6 is 0 Å². The standard InChI is InChI=1S/C16H23N5/c1-11(2)21-6-4-5-13(10-21)15-8-17-9-16(18-15)14-7-12(3)19-20-14/h7-9,11,13H,4-6,10H2,1-3H3,(H,19,20)/t13-/m1/s1. The molecule has 0 aliphatic carbocycles. The second-order valence-electron chi connectivity index (χ2n) is 6.19. The molecule has 2 aromatic rings. The number of aromatic amines is 1.